The van der Waals surface area contributed by atoms with Crippen LogP contribution in [0.1, 0.15) is 91.9 Å². The fraction of sp³-hybridized carbons (Fsp3) is 0.632. The van der Waals surface area contributed by atoms with E-state index in [0.717, 1.165) is 0 Å². The summed E-state index contributed by atoms with van der Waals surface area (Å²) in [4.78, 5) is 83.4. The van der Waals surface area contributed by atoms with Crippen LogP contribution in [0, 0.1) is 11.8 Å². The number of ketones is 4. The molecule has 50 heavy (non-hydrogen) atoms. The molecule has 12 nitrogen and oxygen atoms in total. The molecule has 0 spiro atoms. The Bertz CT molecular complexity index is 1530. The Morgan fingerprint density at radius 2 is 1.02 bits per heavy atom. The Hall–Kier alpha value is -3.58. The fourth-order valence-electron chi connectivity index (χ4n) is 8.84. The largest absolute Gasteiger partial charge is 0.456 e. The van der Waals surface area contributed by atoms with E-state index < -0.39 is 107 Å². The lowest BCUT2D eigenvalue weighted by Crippen LogP contribution is -2.64. The third-order valence-corrected chi connectivity index (χ3v) is 11.5. The minimum absolute atomic E-state index is 0.0520. The second-order valence-electron chi connectivity index (χ2n) is 15.9. The van der Waals surface area contributed by atoms with Gasteiger partial charge in [0.05, 0.1) is 22.3 Å². The molecule has 0 saturated carbocycles. The molecule has 0 unspecified atom stereocenters. The second-order valence-corrected chi connectivity index (χ2v) is 15.9. The molecule has 0 amide bonds. The Balaban J connectivity index is 1.49. The Kier molecular flexibility index (Phi) is 9.11. The van der Waals surface area contributed by atoms with Crippen molar-refractivity contribution in [3.63, 3.8) is 0 Å². The van der Waals surface area contributed by atoms with Crippen molar-refractivity contribution in [1.82, 2.24) is 0 Å². The van der Waals surface area contributed by atoms with Gasteiger partial charge in [0.15, 0.2) is 22.8 Å². The lowest BCUT2D eigenvalue weighted by atomic mass is 9.69. The van der Waals surface area contributed by atoms with Gasteiger partial charge in [0.1, 0.15) is 36.0 Å². The molecule has 0 radical (unpaired) electrons. The number of aliphatic hydroxyl groups is 2. The summed E-state index contributed by atoms with van der Waals surface area (Å²) in [5.41, 5.74) is -6.08. The normalized spacial score (nSPS) is 44.6. The Morgan fingerprint density at radius 3 is 1.36 bits per heavy atom. The van der Waals surface area contributed by atoms with Crippen molar-refractivity contribution in [3.8, 4) is 0 Å². The summed E-state index contributed by atoms with van der Waals surface area (Å²) in [5.74, 6) is -4.55. The van der Waals surface area contributed by atoms with Gasteiger partial charge in [0.25, 0.3) is 0 Å². The Labute approximate surface area is 290 Å². The predicted molar refractivity (Wildman–Crippen MR) is 175 cm³/mol. The molecule has 6 aliphatic rings. The van der Waals surface area contributed by atoms with Crippen molar-refractivity contribution in [3.05, 3.63) is 47.6 Å². The summed E-state index contributed by atoms with van der Waals surface area (Å²) in [6, 6.07) is 0. The van der Waals surface area contributed by atoms with Crippen molar-refractivity contribution in [2.45, 2.75) is 139 Å². The molecule has 8 bridgehead atoms. The molecule has 0 aromatic rings. The number of ether oxygens (including phenoxy) is 4. The first kappa shape index (κ1) is 36.2. The predicted octanol–water partition coefficient (Wildman–Crippen LogP) is 3.06. The van der Waals surface area contributed by atoms with Crippen LogP contribution in [0.5, 0.6) is 0 Å². The lowest BCUT2D eigenvalue weighted by molar-refractivity contribution is -0.233. The number of carbonyl (C=O) groups excluding carboxylic acids is 6. The number of carbonyl (C=O) groups is 6. The zero-order chi connectivity index (χ0) is 36.6. The third kappa shape index (κ3) is 6.07. The van der Waals surface area contributed by atoms with Crippen molar-refractivity contribution in [1.29, 1.82) is 0 Å². The molecule has 6 heterocycles. The number of rotatable bonds is 3. The highest BCUT2D eigenvalue weighted by molar-refractivity contribution is 6.07. The van der Waals surface area contributed by atoms with Gasteiger partial charge < -0.3 is 29.2 Å². The average Bonchev–Trinajstić information content (AvgIpc) is 3.61. The summed E-state index contributed by atoms with van der Waals surface area (Å²) in [6.45, 7) is 14.7. The van der Waals surface area contributed by atoms with E-state index in [1.54, 1.807) is 39.8 Å². The van der Waals surface area contributed by atoms with E-state index in [1.165, 1.54) is 0 Å². The zero-order valence-electron chi connectivity index (χ0n) is 29.1. The number of hydrogen-bond acceptors (Lipinski definition) is 12. The number of esters is 2. The van der Waals surface area contributed by atoms with Crippen LogP contribution < -0.4 is 0 Å². The topological polar surface area (TPSA) is 180 Å². The number of aliphatic hydroxyl groups excluding tert-OH is 2. The van der Waals surface area contributed by atoms with Gasteiger partial charge in [-0.2, -0.15) is 0 Å². The first-order valence-electron chi connectivity index (χ1n) is 17.3. The van der Waals surface area contributed by atoms with Crippen LogP contribution in [0.15, 0.2) is 47.6 Å². The van der Waals surface area contributed by atoms with E-state index in [2.05, 4.69) is 13.2 Å². The first-order valence-corrected chi connectivity index (χ1v) is 17.3. The standard InChI is InChI=1S/C38H46O12/c1-19(2)21-7-9-25-31(43)27(47-33(25)45)15-35(5)17-29(41)37(49-35,13-23(39)11-21)38-14-24(40)12-22(20(3)4)8-10-26-32(44)28(48-34(26)46)16-36(6,50-38)18-30(38)42/h9-10,21-22,27-28,31-32,43-44H,1,3,7-8,11-18H2,2,4-6H3/b25-9+,26-10+/t21-,22-,27+,28+,31-,32-,35-,36-,37+,38+/m1/s1. The molecule has 270 valence electrons. The lowest BCUT2D eigenvalue weighted by Gasteiger charge is -2.45. The van der Waals surface area contributed by atoms with Gasteiger partial charge in [0, 0.05) is 51.4 Å². The molecule has 0 aromatic heterocycles. The highest BCUT2D eigenvalue weighted by atomic mass is 16.6. The van der Waals surface area contributed by atoms with Crippen LogP contribution in [-0.2, 0) is 47.7 Å². The van der Waals surface area contributed by atoms with Crippen LogP contribution in [-0.4, -0.2) is 92.1 Å². The van der Waals surface area contributed by atoms with Crippen LogP contribution in [0.4, 0.5) is 0 Å². The zero-order valence-corrected chi connectivity index (χ0v) is 29.1. The number of hydrogen-bond donors (Lipinski definition) is 2. The maximum absolute atomic E-state index is 14.7. The fourth-order valence-corrected chi connectivity index (χ4v) is 8.84. The molecule has 12 heteroatoms. The summed E-state index contributed by atoms with van der Waals surface area (Å²) in [5, 5.41) is 22.3. The highest BCUT2D eigenvalue weighted by Gasteiger charge is 2.73. The minimum atomic E-state index is -2.27. The molecular formula is C38H46O12. The molecule has 0 aliphatic carbocycles. The van der Waals surface area contributed by atoms with Crippen molar-refractivity contribution < 1.29 is 57.9 Å². The molecule has 6 rings (SSSR count). The molecule has 2 N–H and O–H groups in total. The average molecular weight is 695 g/mol. The quantitative estimate of drug-likeness (QED) is 0.326. The minimum Gasteiger partial charge on any atom is -0.456 e. The van der Waals surface area contributed by atoms with E-state index in [9.17, 15) is 39.0 Å². The van der Waals surface area contributed by atoms with Gasteiger partial charge >= 0.3 is 11.9 Å². The summed E-state index contributed by atoms with van der Waals surface area (Å²) in [7, 11) is 0. The maximum atomic E-state index is 14.7. The van der Waals surface area contributed by atoms with Crippen LogP contribution in [0.25, 0.3) is 0 Å². The van der Waals surface area contributed by atoms with Gasteiger partial charge in [0.2, 0.25) is 0 Å². The maximum Gasteiger partial charge on any atom is 0.336 e. The summed E-state index contributed by atoms with van der Waals surface area (Å²) in [6.07, 6.45) is -3.69. The third-order valence-electron chi connectivity index (χ3n) is 11.5. The highest BCUT2D eigenvalue weighted by Crippen LogP contribution is 2.56. The van der Waals surface area contributed by atoms with E-state index in [-0.39, 0.29) is 62.5 Å². The second kappa shape index (κ2) is 12.6. The van der Waals surface area contributed by atoms with Gasteiger partial charge in [-0.05, 0) is 52.4 Å². The van der Waals surface area contributed by atoms with Gasteiger partial charge in [-0.15, -0.1) is 0 Å². The summed E-state index contributed by atoms with van der Waals surface area (Å²) >= 11 is 0. The van der Waals surface area contributed by atoms with Crippen LogP contribution in [0.3, 0.4) is 0 Å². The van der Waals surface area contributed by atoms with E-state index in [4.69, 9.17) is 18.9 Å². The smallest absolute Gasteiger partial charge is 0.336 e. The molecule has 0 aromatic carbocycles. The van der Waals surface area contributed by atoms with Crippen molar-refractivity contribution in [2.24, 2.45) is 11.8 Å². The van der Waals surface area contributed by atoms with Crippen molar-refractivity contribution >= 4 is 35.1 Å². The van der Waals surface area contributed by atoms with E-state index in [1.807, 2.05) is 0 Å². The molecule has 4 fully saturated rings. The number of Topliss-reactive ketones (excluding diaryl/α,β-unsaturated/α-hetero) is 4. The van der Waals surface area contributed by atoms with Crippen LogP contribution in [0.2, 0.25) is 0 Å². The summed E-state index contributed by atoms with van der Waals surface area (Å²) < 4.78 is 24.6. The first-order chi connectivity index (χ1) is 23.3. The van der Waals surface area contributed by atoms with Gasteiger partial charge in [-0.1, -0.05) is 36.5 Å². The number of fused-ring (bicyclic) bond motifs is 9. The SMILES string of the molecule is C=C(C)[C@@H]1C/C=C2/C(=O)O[C@@H](C[C@]3(C)CC(=O)[C@]([C@]45CC(=O)C[C@H](C(=C)C)C/C=C6/C(=O)O[C@@H](C[C@](C)(CC4=O)O5)[C@@H]6O)(CC(=O)C1)O3)[C@@H]2O. The van der Waals surface area contributed by atoms with Crippen LogP contribution >= 0.6 is 0 Å². The van der Waals surface area contributed by atoms with Gasteiger partial charge in [-0.25, -0.2) is 9.59 Å². The van der Waals surface area contributed by atoms with E-state index in [0.29, 0.717) is 11.1 Å². The molecule has 10 atom stereocenters. The van der Waals surface area contributed by atoms with Crippen molar-refractivity contribution in [2.75, 3.05) is 0 Å². The molecule has 6 aliphatic heterocycles. The molecular weight excluding hydrogens is 648 g/mol. The van der Waals surface area contributed by atoms with E-state index >= 15 is 0 Å². The monoisotopic (exact) mass is 694 g/mol. The van der Waals surface area contributed by atoms with Gasteiger partial charge in [-0.3, -0.25) is 19.2 Å². The number of allylic oxidation sites excluding steroid dienone is 4. The molecule has 4 saturated heterocycles. The Morgan fingerprint density at radius 1 is 0.660 bits per heavy atom.